The van der Waals surface area contributed by atoms with Gasteiger partial charge in [-0.2, -0.15) is 0 Å². The van der Waals surface area contributed by atoms with E-state index in [0.29, 0.717) is 32.4 Å². The summed E-state index contributed by atoms with van der Waals surface area (Å²) in [6, 6.07) is 4.98. The van der Waals surface area contributed by atoms with Gasteiger partial charge < -0.3 is 14.6 Å². The highest BCUT2D eigenvalue weighted by Crippen LogP contribution is 2.35. The molecule has 0 amide bonds. The maximum atomic E-state index is 12.5. The highest BCUT2D eigenvalue weighted by molar-refractivity contribution is 6.35. The summed E-state index contributed by atoms with van der Waals surface area (Å²) in [5, 5.41) is 13.0. The van der Waals surface area contributed by atoms with Crippen LogP contribution in [-0.4, -0.2) is 25.5 Å². The Bertz CT molecular complexity index is 655. The smallest absolute Gasteiger partial charge is 0.240 e. The van der Waals surface area contributed by atoms with Gasteiger partial charge in [0.15, 0.2) is 11.5 Å². The molecule has 1 aliphatic rings. The van der Waals surface area contributed by atoms with E-state index < -0.39 is 6.10 Å². The van der Waals surface area contributed by atoms with Crippen LogP contribution in [0.3, 0.4) is 0 Å². The third kappa shape index (κ3) is 3.61. The number of rotatable bonds is 5. The predicted octanol–water partition coefficient (Wildman–Crippen LogP) is 2.86. The highest BCUT2D eigenvalue weighted by Gasteiger charge is 2.24. The molecule has 2 rings (SSSR count). The number of nitroso groups, excluding NO2 is 1. The van der Waals surface area contributed by atoms with Crippen LogP contribution >= 0.6 is 23.2 Å². The number of nitrogens with zero attached hydrogens (tertiary/aromatic N) is 1. The molecule has 118 valence electrons. The zero-order valence-electron chi connectivity index (χ0n) is 12.1. The molecule has 1 aromatic rings. The maximum Gasteiger partial charge on any atom is 0.240 e. The molecule has 0 unspecified atom stereocenters. The van der Waals surface area contributed by atoms with Gasteiger partial charge in [-0.15, -0.1) is 0 Å². The van der Waals surface area contributed by atoms with Crippen molar-refractivity contribution in [3.8, 4) is 11.5 Å². The van der Waals surface area contributed by atoms with Crippen molar-refractivity contribution >= 4 is 23.2 Å². The van der Waals surface area contributed by atoms with Gasteiger partial charge in [0.05, 0.1) is 19.3 Å². The summed E-state index contributed by atoms with van der Waals surface area (Å²) in [5.74, 6) is 1.03. The van der Waals surface area contributed by atoms with E-state index in [9.17, 15) is 10.0 Å². The minimum Gasteiger partial charge on any atom is -0.848 e. The van der Waals surface area contributed by atoms with Crippen molar-refractivity contribution in [2.45, 2.75) is 12.5 Å². The van der Waals surface area contributed by atoms with Crippen molar-refractivity contribution in [2.75, 3.05) is 20.8 Å². The van der Waals surface area contributed by atoms with Gasteiger partial charge in [0.25, 0.3) is 0 Å². The topological polar surface area (TPSA) is 61.6 Å². The summed E-state index contributed by atoms with van der Waals surface area (Å²) in [7, 11) is 3.03. The fraction of sp³-hybridized carbons (Fsp3) is 0.333. The summed E-state index contributed by atoms with van der Waals surface area (Å²) in [6.07, 6.45) is 0.241. The van der Waals surface area contributed by atoms with Crippen LogP contribution in [0.1, 0.15) is 18.1 Å². The molecule has 0 spiro atoms. The molecule has 0 N–H and O–H groups in total. The number of methoxy groups -OCH3 is 2. The number of hydrogen-bond donors (Lipinski definition) is 0. The molecule has 5 nitrogen and oxygen atoms in total. The lowest BCUT2D eigenvalue weighted by atomic mass is 9.99. The van der Waals surface area contributed by atoms with Gasteiger partial charge in [0.2, 0.25) is 12.7 Å². The molecule has 22 heavy (non-hydrogen) atoms. The fourth-order valence-corrected chi connectivity index (χ4v) is 2.82. The Morgan fingerprint density at radius 1 is 1.27 bits per heavy atom. The molecule has 7 heteroatoms. The van der Waals surface area contributed by atoms with E-state index in [1.807, 2.05) is 0 Å². The van der Waals surface area contributed by atoms with Crippen molar-refractivity contribution in [2.24, 2.45) is 0 Å². The molecule has 1 heterocycles. The summed E-state index contributed by atoms with van der Waals surface area (Å²) in [4.78, 5) is 11.3. The van der Waals surface area contributed by atoms with Gasteiger partial charge >= 0.3 is 0 Å². The van der Waals surface area contributed by atoms with Crippen LogP contribution in [0.15, 0.2) is 40.0 Å². The lowest BCUT2D eigenvalue weighted by Gasteiger charge is -2.25. The first-order valence-electron chi connectivity index (χ1n) is 6.53. The lowest BCUT2D eigenvalue weighted by Crippen LogP contribution is -2.19. The molecule has 0 saturated heterocycles. The van der Waals surface area contributed by atoms with Crippen molar-refractivity contribution in [1.29, 1.82) is 0 Å². The van der Waals surface area contributed by atoms with Crippen LogP contribution in [0.4, 0.5) is 0 Å². The van der Waals surface area contributed by atoms with Crippen LogP contribution in [-0.2, 0) is 0 Å². The average Bonchev–Trinajstić information content (AvgIpc) is 2.49. The quantitative estimate of drug-likeness (QED) is 0.771. The average molecular weight is 344 g/mol. The molecule has 1 aromatic carbocycles. The van der Waals surface area contributed by atoms with Crippen LogP contribution in [0.5, 0.6) is 11.5 Å². The van der Waals surface area contributed by atoms with E-state index in [-0.39, 0.29) is 18.0 Å². The molecule has 0 bridgehead atoms. The van der Waals surface area contributed by atoms with Crippen LogP contribution in [0.2, 0.25) is 0 Å². The summed E-state index contributed by atoms with van der Waals surface area (Å²) >= 11 is 12.0. The summed E-state index contributed by atoms with van der Waals surface area (Å²) < 4.78 is 11.0. The highest BCUT2D eigenvalue weighted by atomic mass is 35.5. The minimum atomic E-state index is -1.08. The zero-order valence-corrected chi connectivity index (χ0v) is 13.6. The van der Waals surface area contributed by atoms with E-state index in [1.54, 1.807) is 18.2 Å². The van der Waals surface area contributed by atoms with E-state index >= 15 is 0 Å². The number of hydrogen-bond acceptors (Lipinski definition) is 4. The number of allylic oxidation sites excluding steroid dienone is 1. The number of benzene rings is 1. The first kappa shape index (κ1) is 16.8. The molecule has 0 fully saturated rings. The molecule has 0 radical (unpaired) electrons. The largest absolute Gasteiger partial charge is 0.848 e. The second-order valence-corrected chi connectivity index (χ2v) is 5.61. The Balaban J connectivity index is 2.23. The Hall–Kier alpha value is -1.56. The fourth-order valence-electron chi connectivity index (χ4n) is 2.18. The Kier molecular flexibility index (Phi) is 5.45. The summed E-state index contributed by atoms with van der Waals surface area (Å²) in [5.41, 5.74) is 1.04. The van der Waals surface area contributed by atoms with E-state index in [4.69, 9.17) is 32.7 Å². The van der Waals surface area contributed by atoms with Crippen molar-refractivity contribution in [1.82, 2.24) is 0 Å². The SMILES string of the molecule is COc1ccc([C@@H]([O-])CC2=C(Cl)C[N+](=O)C=C2Cl)cc1OC. The Morgan fingerprint density at radius 3 is 2.55 bits per heavy atom. The Morgan fingerprint density at radius 2 is 1.95 bits per heavy atom. The van der Waals surface area contributed by atoms with Gasteiger partial charge in [-0.25, -0.2) is 0 Å². The maximum absolute atomic E-state index is 12.5. The van der Waals surface area contributed by atoms with Crippen LogP contribution in [0.25, 0.3) is 0 Å². The number of halogens is 2. The third-order valence-corrected chi connectivity index (χ3v) is 4.01. The minimum absolute atomic E-state index is 0.00572. The monoisotopic (exact) mass is 343 g/mol. The van der Waals surface area contributed by atoms with Gasteiger partial charge in [-0.05, 0) is 24.1 Å². The Labute approximate surface area is 138 Å². The number of ether oxygens (including phenoxy) is 2. The van der Waals surface area contributed by atoms with Gasteiger partial charge in [-0.3, -0.25) is 0 Å². The van der Waals surface area contributed by atoms with Crippen LogP contribution < -0.4 is 14.6 Å². The third-order valence-electron chi connectivity index (χ3n) is 3.34. The van der Waals surface area contributed by atoms with E-state index in [2.05, 4.69) is 0 Å². The second kappa shape index (κ2) is 7.13. The van der Waals surface area contributed by atoms with Crippen molar-refractivity contribution in [3.05, 3.63) is 50.5 Å². The van der Waals surface area contributed by atoms with E-state index in [1.165, 1.54) is 20.4 Å². The first-order chi connectivity index (χ1) is 10.5. The van der Waals surface area contributed by atoms with Gasteiger partial charge in [0.1, 0.15) is 5.03 Å². The molecule has 0 aliphatic carbocycles. The normalized spacial score (nSPS) is 16.4. The second-order valence-electron chi connectivity index (χ2n) is 4.74. The molecule has 1 aliphatic heterocycles. The standard InChI is InChI=1S/C15H15Cl2NO4/c1-21-14-4-3-9(5-15(14)22-2)13(19)6-10-11(16)7-18(20)8-12(10)17/h3-5,7,13H,6,8H2,1-2H3/t13-/m0/s1. The lowest BCUT2D eigenvalue weighted by molar-refractivity contribution is -0.471. The predicted molar refractivity (Wildman–Crippen MR) is 82.2 cm³/mol. The molecular formula is C15H15Cl2NO4. The van der Waals surface area contributed by atoms with Gasteiger partial charge in [0, 0.05) is 9.67 Å². The van der Waals surface area contributed by atoms with E-state index in [0.717, 1.165) is 0 Å². The first-order valence-corrected chi connectivity index (χ1v) is 7.28. The summed E-state index contributed by atoms with van der Waals surface area (Å²) in [6.45, 7) is 0.00572. The zero-order chi connectivity index (χ0) is 16.3. The molecule has 0 aromatic heterocycles. The molecule has 0 saturated carbocycles. The molecule has 1 atom stereocenters. The molecular weight excluding hydrogens is 329 g/mol. The van der Waals surface area contributed by atoms with Crippen molar-refractivity contribution < 1.29 is 19.3 Å². The van der Waals surface area contributed by atoms with Gasteiger partial charge in [-0.1, -0.05) is 40.9 Å². The van der Waals surface area contributed by atoms with Crippen LogP contribution in [0, 0.1) is 4.91 Å². The van der Waals surface area contributed by atoms with Crippen molar-refractivity contribution in [3.63, 3.8) is 0 Å².